The average molecular weight is 311 g/mol. The van der Waals surface area contributed by atoms with Crippen molar-refractivity contribution in [1.82, 2.24) is 4.72 Å². The summed E-state index contributed by atoms with van der Waals surface area (Å²) in [5, 5.41) is 0. The molecule has 0 fully saturated rings. The van der Waals surface area contributed by atoms with E-state index < -0.39 is 10.0 Å². The van der Waals surface area contributed by atoms with Gasteiger partial charge < -0.3 is 4.74 Å². The summed E-state index contributed by atoms with van der Waals surface area (Å²) in [6, 6.07) is 3.63. The fourth-order valence-corrected chi connectivity index (χ4v) is 4.41. The molecule has 1 aliphatic carbocycles. The predicted octanol–water partition coefficient (Wildman–Crippen LogP) is 3.04. The fourth-order valence-electron chi connectivity index (χ4n) is 2.93. The Hall–Kier alpha value is -1.07. The first-order valence-corrected chi connectivity index (χ1v) is 9.18. The number of benzene rings is 1. The lowest BCUT2D eigenvalue weighted by atomic mass is 9.92. The van der Waals surface area contributed by atoms with Crippen LogP contribution in [0.2, 0.25) is 0 Å². The molecule has 0 heterocycles. The van der Waals surface area contributed by atoms with Crippen molar-refractivity contribution in [2.24, 2.45) is 0 Å². The summed E-state index contributed by atoms with van der Waals surface area (Å²) in [6.45, 7) is 3.94. The van der Waals surface area contributed by atoms with Crippen molar-refractivity contribution in [2.45, 2.75) is 63.3 Å². The summed E-state index contributed by atoms with van der Waals surface area (Å²) in [7, 11) is -2.01. The third kappa shape index (κ3) is 3.77. The zero-order valence-corrected chi connectivity index (χ0v) is 13.9. The van der Waals surface area contributed by atoms with Crippen molar-refractivity contribution in [3.63, 3.8) is 0 Å². The van der Waals surface area contributed by atoms with Crippen LogP contribution in [-0.2, 0) is 22.9 Å². The van der Waals surface area contributed by atoms with Crippen LogP contribution in [-0.4, -0.2) is 21.6 Å². The van der Waals surface area contributed by atoms with Gasteiger partial charge in [-0.3, -0.25) is 0 Å². The number of aryl methyl sites for hydroxylation is 2. The molecule has 21 heavy (non-hydrogen) atoms. The van der Waals surface area contributed by atoms with Crippen LogP contribution in [0, 0.1) is 0 Å². The maximum absolute atomic E-state index is 12.6. The summed E-state index contributed by atoms with van der Waals surface area (Å²) in [5.74, 6) is 0.451. The van der Waals surface area contributed by atoms with E-state index in [-0.39, 0.29) is 10.9 Å². The van der Waals surface area contributed by atoms with Gasteiger partial charge in [0.2, 0.25) is 10.0 Å². The van der Waals surface area contributed by atoms with E-state index in [2.05, 4.69) is 4.72 Å². The van der Waals surface area contributed by atoms with E-state index in [1.165, 1.54) is 12.7 Å². The van der Waals surface area contributed by atoms with Crippen LogP contribution >= 0.6 is 0 Å². The van der Waals surface area contributed by atoms with Crippen molar-refractivity contribution in [3.8, 4) is 5.75 Å². The molecule has 4 nitrogen and oxygen atoms in total. The largest absolute Gasteiger partial charge is 0.495 e. The SMILES string of the molecule is CCC[C@H](C)NS(=O)(=O)c1cc2c(cc1OC)CCCC2. The molecule has 1 N–H and O–H groups in total. The van der Waals surface area contributed by atoms with Crippen molar-refractivity contribution in [2.75, 3.05) is 7.11 Å². The van der Waals surface area contributed by atoms with Crippen molar-refractivity contribution in [3.05, 3.63) is 23.3 Å². The molecular formula is C16H25NO3S. The van der Waals surface area contributed by atoms with E-state index in [0.717, 1.165) is 44.1 Å². The molecule has 0 spiro atoms. The highest BCUT2D eigenvalue weighted by atomic mass is 32.2. The number of hydrogen-bond donors (Lipinski definition) is 1. The number of rotatable bonds is 6. The first-order valence-electron chi connectivity index (χ1n) is 7.70. The minimum atomic E-state index is -3.53. The Morgan fingerprint density at radius 3 is 2.43 bits per heavy atom. The van der Waals surface area contributed by atoms with Crippen LogP contribution in [0.15, 0.2) is 17.0 Å². The second-order valence-electron chi connectivity index (χ2n) is 5.79. The van der Waals surface area contributed by atoms with Gasteiger partial charge in [0.25, 0.3) is 0 Å². The third-order valence-electron chi connectivity index (χ3n) is 4.00. The number of sulfonamides is 1. The molecule has 0 saturated carbocycles. The van der Waals surface area contributed by atoms with Gasteiger partial charge in [-0.2, -0.15) is 0 Å². The van der Waals surface area contributed by atoms with Crippen LogP contribution in [0.25, 0.3) is 0 Å². The van der Waals surface area contributed by atoms with Crippen LogP contribution in [0.1, 0.15) is 50.7 Å². The Morgan fingerprint density at radius 2 is 1.86 bits per heavy atom. The molecule has 0 radical (unpaired) electrons. The second kappa shape index (κ2) is 6.79. The molecule has 0 aliphatic heterocycles. The van der Waals surface area contributed by atoms with Gasteiger partial charge in [-0.1, -0.05) is 13.3 Å². The molecule has 1 aromatic carbocycles. The van der Waals surface area contributed by atoms with Gasteiger partial charge in [0.05, 0.1) is 7.11 Å². The molecular weight excluding hydrogens is 286 g/mol. The highest BCUT2D eigenvalue weighted by Crippen LogP contribution is 2.32. The maximum Gasteiger partial charge on any atom is 0.244 e. The molecule has 118 valence electrons. The smallest absolute Gasteiger partial charge is 0.244 e. The van der Waals surface area contributed by atoms with Crippen molar-refractivity contribution >= 4 is 10.0 Å². The van der Waals surface area contributed by atoms with E-state index >= 15 is 0 Å². The fraction of sp³-hybridized carbons (Fsp3) is 0.625. The molecule has 1 aromatic rings. The number of hydrogen-bond acceptors (Lipinski definition) is 3. The zero-order valence-electron chi connectivity index (χ0n) is 13.1. The van der Waals surface area contributed by atoms with E-state index in [1.807, 2.05) is 19.9 Å². The number of methoxy groups -OCH3 is 1. The second-order valence-corrected chi connectivity index (χ2v) is 7.47. The van der Waals surface area contributed by atoms with E-state index in [0.29, 0.717) is 5.75 Å². The Morgan fingerprint density at radius 1 is 1.24 bits per heavy atom. The molecule has 1 aliphatic rings. The Labute approximate surface area is 127 Å². The summed E-state index contributed by atoms with van der Waals surface area (Å²) < 4.78 is 33.3. The third-order valence-corrected chi connectivity index (χ3v) is 5.61. The Bertz CT molecular complexity index is 596. The topological polar surface area (TPSA) is 55.4 Å². The monoisotopic (exact) mass is 311 g/mol. The molecule has 0 saturated heterocycles. The molecule has 0 amide bonds. The maximum atomic E-state index is 12.6. The Balaban J connectivity index is 2.37. The van der Waals surface area contributed by atoms with Crippen molar-refractivity contribution in [1.29, 1.82) is 0 Å². The minimum Gasteiger partial charge on any atom is -0.495 e. The first-order chi connectivity index (χ1) is 9.97. The summed E-state index contributed by atoms with van der Waals surface area (Å²) >= 11 is 0. The van der Waals surface area contributed by atoms with Gasteiger partial charge in [0.1, 0.15) is 10.6 Å². The molecule has 2 rings (SSSR count). The van der Waals surface area contributed by atoms with Crippen LogP contribution in [0.3, 0.4) is 0 Å². The highest BCUT2D eigenvalue weighted by molar-refractivity contribution is 7.89. The molecule has 1 atom stereocenters. The van der Waals surface area contributed by atoms with Crippen LogP contribution in [0.4, 0.5) is 0 Å². The zero-order chi connectivity index (χ0) is 15.5. The van der Waals surface area contributed by atoms with Gasteiger partial charge in [-0.25, -0.2) is 13.1 Å². The standard InChI is InChI=1S/C16H25NO3S/c1-4-7-12(2)17-21(18,19)16-11-14-9-6-5-8-13(14)10-15(16)20-3/h10-12,17H,4-9H2,1-3H3/t12-/m0/s1. The first kappa shape index (κ1) is 16.3. The highest BCUT2D eigenvalue weighted by Gasteiger charge is 2.24. The molecule has 5 heteroatoms. The van der Waals surface area contributed by atoms with Crippen LogP contribution in [0.5, 0.6) is 5.75 Å². The molecule has 0 bridgehead atoms. The van der Waals surface area contributed by atoms with E-state index in [4.69, 9.17) is 4.74 Å². The number of fused-ring (bicyclic) bond motifs is 1. The molecule has 0 unspecified atom stereocenters. The van der Waals surface area contributed by atoms with Gasteiger partial charge >= 0.3 is 0 Å². The van der Waals surface area contributed by atoms with Gasteiger partial charge in [0.15, 0.2) is 0 Å². The average Bonchev–Trinajstić information content (AvgIpc) is 2.45. The van der Waals surface area contributed by atoms with Gasteiger partial charge in [-0.15, -0.1) is 0 Å². The van der Waals surface area contributed by atoms with E-state index in [1.54, 1.807) is 6.07 Å². The molecule has 0 aromatic heterocycles. The summed E-state index contributed by atoms with van der Waals surface area (Å²) in [5.41, 5.74) is 2.37. The van der Waals surface area contributed by atoms with Gasteiger partial charge in [0, 0.05) is 6.04 Å². The summed E-state index contributed by atoms with van der Waals surface area (Å²) in [6.07, 6.45) is 6.02. The van der Waals surface area contributed by atoms with Crippen molar-refractivity contribution < 1.29 is 13.2 Å². The van der Waals surface area contributed by atoms with Gasteiger partial charge in [-0.05, 0) is 62.3 Å². The van der Waals surface area contributed by atoms with Crippen LogP contribution < -0.4 is 9.46 Å². The number of nitrogens with one attached hydrogen (secondary N) is 1. The lowest BCUT2D eigenvalue weighted by Crippen LogP contribution is -2.32. The minimum absolute atomic E-state index is 0.0688. The number of ether oxygens (including phenoxy) is 1. The Kier molecular flexibility index (Phi) is 5.27. The predicted molar refractivity (Wildman–Crippen MR) is 84.3 cm³/mol. The lowest BCUT2D eigenvalue weighted by molar-refractivity contribution is 0.400. The lowest BCUT2D eigenvalue weighted by Gasteiger charge is -2.20. The summed E-state index contributed by atoms with van der Waals surface area (Å²) in [4.78, 5) is 0.272. The van der Waals surface area contributed by atoms with E-state index in [9.17, 15) is 8.42 Å². The quantitative estimate of drug-likeness (QED) is 0.878. The normalized spacial score (nSPS) is 16.3.